The molecule has 7 nitrogen and oxygen atoms in total. The lowest BCUT2D eigenvalue weighted by molar-refractivity contribution is -0.134. The number of aryl methyl sites for hydroxylation is 1. The van der Waals surface area contributed by atoms with E-state index >= 15 is 0 Å². The molecule has 4 rings (SSSR count). The highest BCUT2D eigenvalue weighted by atomic mass is 19.1. The normalized spacial score (nSPS) is 16.7. The second-order valence-corrected chi connectivity index (χ2v) is 9.67. The van der Waals surface area contributed by atoms with Gasteiger partial charge in [0.15, 0.2) is 0 Å². The molecule has 0 radical (unpaired) electrons. The molecule has 32 heavy (non-hydrogen) atoms. The van der Waals surface area contributed by atoms with Crippen molar-refractivity contribution in [1.82, 2.24) is 14.9 Å². The summed E-state index contributed by atoms with van der Waals surface area (Å²) in [7, 11) is 0. The fourth-order valence-electron chi connectivity index (χ4n) is 3.93. The van der Waals surface area contributed by atoms with Gasteiger partial charge in [-0.25, -0.2) is 9.37 Å². The Morgan fingerprint density at radius 1 is 1.19 bits per heavy atom. The zero-order chi connectivity index (χ0) is 22.9. The Labute approximate surface area is 188 Å². The predicted molar refractivity (Wildman–Crippen MR) is 119 cm³/mol. The van der Waals surface area contributed by atoms with E-state index in [4.69, 9.17) is 19.4 Å². The van der Waals surface area contributed by atoms with Gasteiger partial charge in [0.05, 0.1) is 31.0 Å². The molecule has 172 valence electrons. The third-order valence-corrected chi connectivity index (χ3v) is 5.68. The number of aromatic nitrogens is 2. The number of hydrogen-bond acceptors (Lipinski definition) is 6. The molecule has 1 fully saturated rings. The zero-order valence-corrected chi connectivity index (χ0v) is 19.3. The summed E-state index contributed by atoms with van der Waals surface area (Å²) in [5.41, 5.74) is 2.13. The van der Waals surface area contributed by atoms with Crippen LogP contribution in [0.4, 0.5) is 10.3 Å². The smallest absolute Gasteiger partial charge is 0.229 e. The quantitative estimate of drug-likeness (QED) is 0.716. The first-order valence-electron chi connectivity index (χ1n) is 11.1. The molecule has 0 bridgehead atoms. The van der Waals surface area contributed by atoms with E-state index < -0.39 is 0 Å². The number of anilines is 1. The van der Waals surface area contributed by atoms with Gasteiger partial charge >= 0.3 is 0 Å². The number of halogens is 1. The van der Waals surface area contributed by atoms with Crippen LogP contribution in [0.25, 0.3) is 0 Å². The lowest BCUT2D eigenvalue weighted by Crippen LogP contribution is -2.40. The van der Waals surface area contributed by atoms with Crippen molar-refractivity contribution in [3.8, 4) is 11.6 Å². The van der Waals surface area contributed by atoms with Gasteiger partial charge in [-0.2, -0.15) is 4.98 Å². The number of morpholine rings is 1. The Morgan fingerprint density at radius 2 is 1.94 bits per heavy atom. The number of ether oxygens (including phenoxy) is 2. The maximum absolute atomic E-state index is 13.7. The lowest BCUT2D eigenvalue weighted by atomic mass is 9.91. The van der Waals surface area contributed by atoms with Crippen molar-refractivity contribution in [2.24, 2.45) is 5.41 Å². The molecule has 1 aromatic heterocycles. The van der Waals surface area contributed by atoms with E-state index in [9.17, 15) is 9.18 Å². The summed E-state index contributed by atoms with van der Waals surface area (Å²) in [6.45, 7) is 11.6. The van der Waals surface area contributed by atoms with Crippen LogP contribution < -0.4 is 9.64 Å². The van der Waals surface area contributed by atoms with Crippen LogP contribution in [-0.4, -0.2) is 53.6 Å². The molecule has 0 spiro atoms. The van der Waals surface area contributed by atoms with Gasteiger partial charge in [-0.15, -0.1) is 0 Å². The van der Waals surface area contributed by atoms with Crippen LogP contribution in [0.3, 0.4) is 0 Å². The van der Waals surface area contributed by atoms with E-state index in [0.717, 1.165) is 11.3 Å². The number of rotatable bonds is 4. The van der Waals surface area contributed by atoms with Gasteiger partial charge in [-0.3, -0.25) is 4.79 Å². The molecule has 3 heterocycles. The molecule has 2 aliphatic heterocycles. The van der Waals surface area contributed by atoms with Crippen molar-refractivity contribution in [2.45, 2.75) is 47.1 Å². The standard InChI is InChI=1S/C24H31FN4O3/c1-16-13-17(5-6-19(16)25)32-22-18-15-29(21(30)14-24(2,3)4)8-7-20(18)26-23(27-22)28-9-11-31-12-10-28/h5-6,13H,7-12,14-15H2,1-4H3. The van der Waals surface area contributed by atoms with E-state index in [-0.39, 0.29) is 17.1 Å². The predicted octanol–water partition coefficient (Wildman–Crippen LogP) is 3.87. The first-order chi connectivity index (χ1) is 15.2. The van der Waals surface area contributed by atoms with Crippen molar-refractivity contribution in [1.29, 1.82) is 0 Å². The van der Waals surface area contributed by atoms with Crippen molar-refractivity contribution >= 4 is 11.9 Å². The molecular weight excluding hydrogens is 411 g/mol. The average molecular weight is 443 g/mol. The Bertz CT molecular complexity index is 999. The average Bonchev–Trinajstić information content (AvgIpc) is 2.75. The van der Waals surface area contributed by atoms with Gasteiger partial charge in [0.25, 0.3) is 0 Å². The fourth-order valence-corrected chi connectivity index (χ4v) is 3.93. The summed E-state index contributed by atoms with van der Waals surface area (Å²) >= 11 is 0. The molecule has 0 saturated carbocycles. The van der Waals surface area contributed by atoms with Gasteiger partial charge in [0.1, 0.15) is 11.6 Å². The van der Waals surface area contributed by atoms with E-state index in [1.54, 1.807) is 19.1 Å². The summed E-state index contributed by atoms with van der Waals surface area (Å²) in [5.74, 6) is 1.38. The van der Waals surface area contributed by atoms with Gasteiger partial charge in [-0.1, -0.05) is 20.8 Å². The SMILES string of the molecule is Cc1cc(Oc2nc(N3CCOCC3)nc3c2CN(C(=O)CC(C)(C)C)CC3)ccc1F. The molecule has 0 unspecified atom stereocenters. The van der Waals surface area contributed by atoms with Crippen LogP contribution in [0.2, 0.25) is 0 Å². The monoisotopic (exact) mass is 442 g/mol. The highest BCUT2D eigenvalue weighted by molar-refractivity contribution is 5.77. The molecule has 1 amide bonds. The Balaban J connectivity index is 1.67. The number of nitrogens with zero attached hydrogens (tertiary/aromatic N) is 4. The van der Waals surface area contributed by atoms with E-state index in [1.807, 2.05) is 4.90 Å². The fraction of sp³-hybridized carbons (Fsp3) is 0.542. The summed E-state index contributed by atoms with van der Waals surface area (Å²) in [6.07, 6.45) is 1.12. The molecular formula is C24H31FN4O3. The van der Waals surface area contributed by atoms with Crippen molar-refractivity contribution < 1.29 is 18.7 Å². The van der Waals surface area contributed by atoms with Crippen molar-refractivity contribution in [2.75, 3.05) is 37.7 Å². The Kier molecular flexibility index (Phi) is 6.33. The topological polar surface area (TPSA) is 67.8 Å². The third-order valence-electron chi connectivity index (χ3n) is 5.68. The van der Waals surface area contributed by atoms with Crippen LogP contribution in [0.5, 0.6) is 11.6 Å². The number of fused-ring (bicyclic) bond motifs is 1. The summed E-state index contributed by atoms with van der Waals surface area (Å²) in [4.78, 5) is 26.4. The highest BCUT2D eigenvalue weighted by Crippen LogP contribution is 2.33. The Morgan fingerprint density at radius 3 is 2.62 bits per heavy atom. The minimum atomic E-state index is -0.282. The number of benzene rings is 1. The van der Waals surface area contributed by atoms with Crippen molar-refractivity contribution in [3.63, 3.8) is 0 Å². The van der Waals surface area contributed by atoms with Gasteiger partial charge < -0.3 is 19.3 Å². The van der Waals surface area contributed by atoms with Crippen LogP contribution in [-0.2, 0) is 22.5 Å². The van der Waals surface area contributed by atoms with E-state index in [1.165, 1.54) is 6.07 Å². The van der Waals surface area contributed by atoms with Crippen LogP contribution in [0, 0.1) is 18.2 Å². The summed E-state index contributed by atoms with van der Waals surface area (Å²) < 4.78 is 25.4. The van der Waals surface area contributed by atoms with Crippen LogP contribution in [0.1, 0.15) is 44.0 Å². The first kappa shape index (κ1) is 22.5. The largest absolute Gasteiger partial charge is 0.438 e. The number of amides is 1. The van der Waals surface area contributed by atoms with E-state index in [0.29, 0.717) is 75.4 Å². The molecule has 8 heteroatoms. The molecule has 1 aromatic carbocycles. The minimum Gasteiger partial charge on any atom is -0.438 e. The maximum atomic E-state index is 13.7. The highest BCUT2D eigenvalue weighted by Gasteiger charge is 2.29. The van der Waals surface area contributed by atoms with Gasteiger partial charge in [0, 0.05) is 32.5 Å². The van der Waals surface area contributed by atoms with Crippen LogP contribution >= 0.6 is 0 Å². The molecule has 0 atom stereocenters. The molecule has 1 saturated heterocycles. The van der Waals surface area contributed by atoms with Crippen molar-refractivity contribution in [3.05, 3.63) is 40.8 Å². The molecule has 2 aliphatic rings. The Hall–Kier alpha value is -2.74. The second-order valence-electron chi connectivity index (χ2n) is 9.67. The number of carbonyl (C=O) groups is 1. The number of carbonyl (C=O) groups excluding carboxylic acids is 1. The minimum absolute atomic E-state index is 0.0843. The van der Waals surface area contributed by atoms with Crippen LogP contribution in [0.15, 0.2) is 18.2 Å². The first-order valence-corrected chi connectivity index (χ1v) is 11.1. The van der Waals surface area contributed by atoms with E-state index in [2.05, 4.69) is 25.7 Å². The lowest BCUT2D eigenvalue weighted by Gasteiger charge is -2.33. The number of hydrogen-bond donors (Lipinski definition) is 0. The molecule has 0 aliphatic carbocycles. The van der Waals surface area contributed by atoms with Gasteiger partial charge in [0.2, 0.25) is 17.7 Å². The maximum Gasteiger partial charge on any atom is 0.229 e. The molecule has 0 N–H and O–H groups in total. The summed E-state index contributed by atoms with van der Waals surface area (Å²) in [5, 5.41) is 0. The molecule has 2 aromatic rings. The summed E-state index contributed by atoms with van der Waals surface area (Å²) in [6, 6.07) is 4.64. The third kappa shape index (κ3) is 5.18. The second kappa shape index (κ2) is 9.02. The zero-order valence-electron chi connectivity index (χ0n) is 19.3. The van der Waals surface area contributed by atoms with Gasteiger partial charge in [-0.05, 0) is 36.1 Å².